The fourth-order valence-electron chi connectivity index (χ4n) is 2.66. The summed E-state index contributed by atoms with van der Waals surface area (Å²) in [7, 11) is 0. The Morgan fingerprint density at radius 1 is 1.24 bits per heavy atom. The van der Waals surface area contributed by atoms with Crippen molar-refractivity contribution in [3.8, 4) is 0 Å². The Morgan fingerprint density at radius 3 is 2.33 bits per heavy atom. The van der Waals surface area contributed by atoms with Gasteiger partial charge in [0.2, 0.25) is 0 Å². The lowest BCUT2D eigenvalue weighted by Gasteiger charge is -2.26. The summed E-state index contributed by atoms with van der Waals surface area (Å²) in [5.74, 6) is -0.952. The van der Waals surface area contributed by atoms with Crippen LogP contribution in [0.3, 0.4) is 0 Å². The summed E-state index contributed by atoms with van der Waals surface area (Å²) in [6, 6.07) is 7.01. The Labute approximate surface area is 132 Å². The second-order valence-corrected chi connectivity index (χ2v) is 6.38. The SMILES string of the molecule is CC(NC(=O)NC1(C(=O)O)CCCC1)c1ccc(Br)cc1. The first-order chi connectivity index (χ1) is 9.93. The molecule has 2 amide bonds. The molecule has 0 aliphatic heterocycles. The van der Waals surface area contributed by atoms with E-state index in [4.69, 9.17) is 0 Å². The number of rotatable bonds is 4. The number of carboxylic acid groups (broad SMARTS) is 1. The minimum atomic E-state index is -1.11. The first-order valence-corrected chi connectivity index (χ1v) is 7.80. The van der Waals surface area contributed by atoms with Gasteiger partial charge in [0.05, 0.1) is 6.04 Å². The van der Waals surface area contributed by atoms with Crippen LogP contribution in [0.1, 0.15) is 44.2 Å². The van der Waals surface area contributed by atoms with E-state index in [0.29, 0.717) is 12.8 Å². The number of halogens is 1. The molecule has 0 aromatic heterocycles. The molecular weight excluding hydrogens is 336 g/mol. The van der Waals surface area contributed by atoms with Crippen molar-refractivity contribution in [1.29, 1.82) is 0 Å². The Hall–Kier alpha value is -1.56. The summed E-state index contributed by atoms with van der Waals surface area (Å²) in [4.78, 5) is 23.5. The van der Waals surface area contributed by atoms with Gasteiger partial charge >= 0.3 is 12.0 Å². The molecule has 1 atom stereocenters. The van der Waals surface area contributed by atoms with E-state index >= 15 is 0 Å². The van der Waals surface area contributed by atoms with Gasteiger partial charge in [0.1, 0.15) is 5.54 Å². The number of carbonyl (C=O) groups is 2. The number of benzene rings is 1. The van der Waals surface area contributed by atoms with Crippen molar-refractivity contribution in [1.82, 2.24) is 10.6 Å². The van der Waals surface area contributed by atoms with E-state index in [0.717, 1.165) is 22.9 Å². The lowest BCUT2D eigenvalue weighted by atomic mass is 9.98. The van der Waals surface area contributed by atoms with E-state index in [1.165, 1.54) is 0 Å². The zero-order valence-electron chi connectivity index (χ0n) is 11.9. The molecule has 1 aliphatic carbocycles. The predicted molar refractivity (Wildman–Crippen MR) is 83.1 cm³/mol. The van der Waals surface area contributed by atoms with Crippen LogP contribution in [0.4, 0.5) is 4.79 Å². The van der Waals surface area contributed by atoms with Gasteiger partial charge in [0.25, 0.3) is 0 Å². The molecule has 5 nitrogen and oxygen atoms in total. The predicted octanol–water partition coefficient (Wildman–Crippen LogP) is 3.21. The van der Waals surface area contributed by atoms with E-state index in [-0.39, 0.29) is 6.04 Å². The third-order valence-corrected chi connectivity index (χ3v) is 4.47. The number of aliphatic carboxylic acids is 1. The molecule has 0 bridgehead atoms. The van der Waals surface area contributed by atoms with Crippen LogP contribution in [0.5, 0.6) is 0 Å². The minimum absolute atomic E-state index is 0.189. The number of carboxylic acids is 1. The molecule has 6 heteroatoms. The maximum absolute atomic E-state index is 12.1. The van der Waals surface area contributed by atoms with Crippen molar-refractivity contribution < 1.29 is 14.7 Å². The van der Waals surface area contributed by atoms with Gasteiger partial charge < -0.3 is 15.7 Å². The quantitative estimate of drug-likeness (QED) is 0.776. The smallest absolute Gasteiger partial charge is 0.329 e. The highest BCUT2D eigenvalue weighted by molar-refractivity contribution is 9.10. The molecule has 2 rings (SSSR count). The molecule has 1 saturated carbocycles. The second kappa shape index (κ2) is 6.47. The lowest BCUT2D eigenvalue weighted by molar-refractivity contribution is -0.144. The largest absolute Gasteiger partial charge is 0.480 e. The summed E-state index contributed by atoms with van der Waals surface area (Å²) in [6.45, 7) is 1.87. The van der Waals surface area contributed by atoms with Gasteiger partial charge in [-0.15, -0.1) is 0 Å². The first-order valence-electron chi connectivity index (χ1n) is 7.00. The monoisotopic (exact) mass is 354 g/mol. The highest BCUT2D eigenvalue weighted by Crippen LogP contribution is 2.30. The molecule has 0 radical (unpaired) electrons. The summed E-state index contributed by atoms with van der Waals surface area (Å²) >= 11 is 3.36. The average Bonchev–Trinajstić information content (AvgIpc) is 2.89. The molecular formula is C15H19BrN2O3. The number of hydrogen-bond donors (Lipinski definition) is 3. The molecule has 0 saturated heterocycles. The lowest BCUT2D eigenvalue weighted by Crippen LogP contribution is -2.55. The van der Waals surface area contributed by atoms with Crippen molar-refractivity contribution in [3.05, 3.63) is 34.3 Å². The van der Waals surface area contributed by atoms with E-state index in [1.807, 2.05) is 31.2 Å². The number of nitrogens with one attached hydrogen (secondary N) is 2. The van der Waals surface area contributed by atoms with Crippen LogP contribution in [0, 0.1) is 0 Å². The third kappa shape index (κ3) is 3.75. The van der Waals surface area contributed by atoms with E-state index in [1.54, 1.807) is 0 Å². The summed E-state index contributed by atoms with van der Waals surface area (Å²) in [5, 5.41) is 14.8. The fourth-order valence-corrected chi connectivity index (χ4v) is 2.92. The van der Waals surface area contributed by atoms with Gasteiger partial charge in [-0.3, -0.25) is 0 Å². The molecule has 114 valence electrons. The molecule has 1 aromatic rings. The number of carbonyl (C=O) groups excluding carboxylic acids is 1. The van der Waals surface area contributed by atoms with Gasteiger partial charge in [-0.05, 0) is 37.5 Å². The molecule has 1 fully saturated rings. The molecule has 0 heterocycles. The Morgan fingerprint density at radius 2 is 1.81 bits per heavy atom. The van der Waals surface area contributed by atoms with Gasteiger partial charge in [-0.2, -0.15) is 0 Å². The minimum Gasteiger partial charge on any atom is -0.480 e. The first kappa shape index (κ1) is 15.8. The zero-order valence-corrected chi connectivity index (χ0v) is 13.4. The zero-order chi connectivity index (χ0) is 15.5. The normalized spacial score (nSPS) is 18.0. The Bertz CT molecular complexity index is 524. The number of hydrogen-bond acceptors (Lipinski definition) is 2. The topological polar surface area (TPSA) is 78.4 Å². The highest BCUT2D eigenvalue weighted by atomic mass is 79.9. The van der Waals surface area contributed by atoms with Crippen molar-refractivity contribution >= 4 is 27.9 Å². The van der Waals surface area contributed by atoms with E-state index in [2.05, 4.69) is 26.6 Å². The van der Waals surface area contributed by atoms with Crippen LogP contribution >= 0.6 is 15.9 Å². The summed E-state index contributed by atoms with van der Waals surface area (Å²) < 4.78 is 0.971. The molecule has 3 N–H and O–H groups in total. The van der Waals surface area contributed by atoms with Crippen molar-refractivity contribution in [3.63, 3.8) is 0 Å². The second-order valence-electron chi connectivity index (χ2n) is 5.47. The van der Waals surface area contributed by atoms with Crippen LogP contribution in [0.2, 0.25) is 0 Å². The fraction of sp³-hybridized carbons (Fsp3) is 0.467. The van der Waals surface area contributed by atoms with Crippen LogP contribution in [-0.2, 0) is 4.79 Å². The standard InChI is InChI=1S/C15H19BrN2O3/c1-10(11-4-6-12(16)7-5-11)17-14(21)18-15(13(19)20)8-2-3-9-15/h4-7,10H,2-3,8-9H2,1H3,(H,19,20)(H2,17,18,21). The highest BCUT2D eigenvalue weighted by Gasteiger charge is 2.42. The molecule has 21 heavy (non-hydrogen) atoms. The van der Waals surface area contributed by atoms with E-state index < -0.39 is 17.5 Å². The maximum Gasteiger partial charge on any atom is 0.329 e. The van der Waals surface area contributed by atoms with Gasteiger partial charge in [0.15, 0.2) is 0 Å². The Balaban J connectivity index is 1.97. The van der Waals surface area contributed by atoms with E-state index in [9.17, 15) is 14.7 Å². The average molecular weight is 355 g/mol. The van der Waals surface area contributed by atoms with Crippen molar-refractivity contribution in [2.45, 2.75) is 44.2 Å². The molecule has 1 unspecified atom stereocenters. The number of urea groups is 1. The molecule has 1 aromatic carbocycles. The Kier molecular flexibility index (Phi) is 4.88. The molecule has 0 spiro atoms. The summed E-state index contributed by atoms with van der Waals surface area (Å²) in [6.07, 6.45) is 2.63. The third-order valence-electron chi connectivity index (χ3n) is 3.94. The van der Waals surface area contributed by atoms with Crippen molar-refractivity contribution in [2.75, 3.05) is 0 Å². The summed E-state index contributed by atoms with van der Waals surface area (Å²) in [5.41, 5.74) is -0.145. The van der Waals surface area contributed by atoms with Gasteiger partial charge in [-0.25, -0.2) is 9.59 Å². The van der Waals surface area contributed by atoms with Crippen LogP contribution in [0.15, 0.2) is 28.7 Å². The van der Waals surface area contributed by atoms with Gasteiger partial charge in [-0.1, -0.05) is 40.9 Å². The van der Waals surface area contributed by atoms with Gasteiger partial charge in [0, 0.05) is 4.47 Å². The molecule has 1 aliphatic rings. The van der Waals surface area contributed by atoms with Crippen molar-refractivity contribution in [2.24, 2.45) is 0 Å². The van der Waals surface area contributed by atoms with Crippen LogP contribution in [-0.4, -0.2) is 22.6 Å². The maximum atomic E-state index is 12.1. The van der Waals surface area contributed by atoms with Crippen LogP contribution in [0.25, 0.3) is 0 Å². The number of amides is 2. The van der Waals surface area contributed by atoms with Crippen LogP contribution < -0.4 is 10.6 Å².